The van der Waals surface area contributed by atoms with Crippen molar-refractivity contribution < 1.29 is 4.39 Å². The van der Waals surface area contributed by atoms with E-state index in [9.17, 15) is 4.39 Å². The molecular formula is C10H6ClFN2. The first kappa shape index (κ1) is 9.09. The maximum atomic E-state index is 13.2. The summed E-state index contributed by atoms with van der Waals surface area (Å²) >= 11 is 5.74. The number of hydrogen-bond acceptors (Lipinski definition) is 2. The second-order valence-electron chi connectivity index (χ2n) is 2.73. The van der Waals surface area contributed by atoms with Gasteiger partial charge in [-0.05, 0) is 18.2 Å². The largest absolute Gasteiger partial charge is 0.263 e. The van der Waals surface area contributed by atoms with Crippen LogP contribution in [0.2, 0.25) is 5.02 Å². The van der Waals surface area contributed by atoms with Crippen molar-refractivity contribution in [3.63, 3.8) is 0 Å². The summed E-state index contributed by atoms with van der Waals surface area (Å²) in [6.45, 7) is 0. The first-order valence-electron chi connectivity index (χ1n) is 3.99. The van der Waals surface area contributed by atoms with Gasteiger partial charge in [-0.3, -0.25) is 4.98 Å². The Balaban J connectivity index is 2.55. The number of aromatic nitrogens is 2. The summed E-state index contributed by atoms with van der Waals surface area (Å²) in [5.41, 5.74) is 1.03. The van der Waals surface area contributed by atoms with Crippen LogP contribution in [0.15, 0.2) is 36.8 Å². The monoisotopic (exact) mass is 208 g/mol. The summed E-state index contributed by atoms with van der Waals surface area (Å²) in [6, 6.07) is 4.95. The number of nitrogens with zero attached hydrogens (tertiary/aromatic N) is 2. The lowest BCUT2D eigenvalue weighted by molar-refractivity contribution is 0.587. The summed E-state index contributed by atoms with van der Waals surface area (Å²) < 4.78 is 13.2. The molecule has 0 saturated heterocycles. The van der Waals surface area contributed by atoms with Crippen LogP contribution in [0.25, 0.3) is 11.1 Å². The van der Waals surface area contributed by atoms with Crippen LogP contribution >= 0.6 is 11.6 Å². The minimum atomic E-state index is -0.517. The zero-order chi connectivity index (χ0) is 9.97. The Morgan fingerprint density at radius 1 is 1.29 bits per heavy atom. The Morgan fingerprint density at radius 2 is 2.14 bits per heavy atom. The molecule has 2 heterocycles. The van der Waals surface area contributed by atoms with Gasteiger partial charge in [0.05, 0.1) is 5.02 Å². The average Bonchev–Trinajstić information content (AvgIpc) is 2.18. The van der Waals surface area contributed by atoms with Gasteiger partial charge in [0.2, 0.25) is 5.95 Å². The van der Waals surface area contributed by atoms with Crippen LogP contribution < -0.4 is 0 Å². The quantitative estimate of drug-likeness (QED) is 0.674. The highest BCUT2D eigenvalue weighted by molar-refractivity contribution is 6.30. The van der Waals surface area contributed by atoms with Crippen molar-refractivity contribution >= 4 is 11.6 Å². The fourth-order valence-corrected chi connectivity index (χ4v) is 1.33. The predicted molar refractivity (Wildman–Crippen MR) is 52.4 cm³/mol. The van der Waals surface area contributed by atoms with Gasteiger partial charge in [-0.2, -0.15) is 4.39 Å². The molecule has 0 aliphatic heterocycles. The molecule has 14 heavy (non-hydrogen) atoms. The lowest BCUT2D eigenvalue weighted by Crippen LogP contribution is -1.88. The second kappa shape index (κ2) is 3.72. The van der Waals surface area contributed by atoms with Gasteiger partial charge in [0.25, 0.3) is 0 Å². The zero-order valence-electron chi connectivity index (χ0n) is 7.11. The summed E-state index contributed by atoms with van der Waals surface area (Å²) in [5, 5.41) is 0.478. The average molecular weight is 209 g/mol. The van der Waals surface area contributed by atoms with E-state index in [0.717, 1.165) is 0 Å². The highest BCUT2D eigenvalue weighted by atomic mass is 35.5. The third kappa shape index (κ3) is 1.72. The second-order valence-corrected chi connectivity index (χ2v) is 3.17. The van der Waals surface area contributed by atoms with Crippen molar-refractivity contribution in [2.24, 2.45) is 0 Å². The first-order chi connectivity index (χ1) is 6.77. The predicted octanol–water partition coefficient (Wildman–Crippen LogP) is 2.94. The van der Waals surface area contributed by atoms with Crippen molar-refractivity contribution in [3.8, 4) is 11.1 Å². The highest BCUT2D eigenvalue weighted by Crippen LogP contribution is 2.22. The standard InChI is InChI=1S/C10H6ClFN2/c11-8-4-7(5-13-6-8)9-2-1-3-14-10(9)12/h1-6H. The smallest absolute Gasteiger partial charge is 0.220 e. The van der Waals surface area contributed by atoms with E-state index >= 15 is 0 Å². The van der Waals surface area contributed by atoms with Gasteiger partial charge in [-0.1, -0.05) is 11.6 Å². The molecule has 2 aromatic heterocycles. The molecule has 0 fully saturated rings. The molecule has 0 radical (unpaired) electrons. The Labute approximate surface area is 85.4 Å². The van der Waals surface area contributed by atoms with E-state index in [-0.39, 0.29) is 0 Å². The molecule has 70 valence electrons. The van der Waals surface area contributed by atoms with E-state index < -0.39 is 5.95 Å². The Bertz CT molecular complexity index is 459. The van der Waals surface area contributed by atoms with Crippen molar-refractivity contribution in [3.05, 3.63) is 47.8 Å². The minimum Gasteiger partial charge on any atom is -0.263 e. The van der Waals surface area contributed by atoms with Crippen LogP contribution in [0.1, 0.15) is 0 Å². The van der Waals surface area contributed by atoms with E-state index in [1.807, 2.05) is 0 Å². The molecule has 0 aromatic carbocycles. The highest BCUT2D eigenvalue weighted by Gasteiger charge is 2.05. The van der Waals surface area contributed by atoms with Gasteiger partial charge in [0.15, 0.2) is 0 Å². The van der Waals surface area contributed by atoms with Crippen LogP contribution in [-0.4, -0.2) is 9.97 Å². The SMILES string of the molecule is Fc1ncccc1-c1cncc(Cl)c1. The Hall–Kier alpha value is -1.48. The van der Waals surface area contributed by atoms with Gasteiger partial charge >= 0.3 is 0 Å². The van der Waals surface area contributed by atoms with Crippen LogP contribution in [0.3, 0.4) is 0 Å². The van der Waals surface area contributed by atoms with Crippen molar-refractivity contribution in [1.82, 2.24) is 9.97 Å². The third-order valence-electron chi connectivity index (χ3n) is 1.77. The molecule has 2 aromatic rings. The Kier molecular flexibility index (Phi) is 2.41. The van der Waals surface area contributed by atoms with Gasteiger partial charge in [0, 0.05) is 29.7 Å². The third-order valence-corrected chi connectivity index (χ3v) is 1.98. The van der Waals surface area contributed by atoms with E-state index in [4.69, 9.17) is 11.6 Å². The molecular weight excluding hydrogens is 203 g/mol. The van der Waals surface area contributed by atoms with Gasteiger partial charge < -0.3 is 0 Å². The molecule has 0 spiro atoms. The molecule has 4 heteroatoms. The molecule has 0 aliphatic rings. The molecule has 0 saturated carbocycles. The molecule has 2 rings (SSSR count). The van der Waals surface area contributed by atoms with Gasteiger partial charge in [0.1, 0.15) is 0 Å². The maximum Gasteiger partial charge on any atom is 0.220 e. The number of halogens is 2. The zero-order valence-corrected chi connectivity index (χ0v) is 7.87. The molecule has 0 N–H and O–H groups in total. The fraction of sp³-hybridized carbons (Fsp3) is 0. The topological polar surface area (TPSA) is 25.8 Å². The van der Waals surface area contributed by atoms with Crippen LogP contribution in [0.4, 0.5) is 4.39 Å². The lowest BCUT2D eigenvalue weighted by Gasteiger charge is -2.01. The van der Waals surface area contributed by atoms with E-state index in [1.54, 1.807) is 24.4 Å². The molecule has 0 atom stereocenters. The molecule has 0 unspecified atom stereocenters. The number of hydrogen-bond donors (Lipinski definition) is 0. The van der Waals surface area contributed by atoms with E-state index in [1.165, 1.54) is 12.4 Å². The lowest BCUT2D eigenvalue weighted by atomic mass is 10.1. The summed E-state index contributed by atoms with van der Waals surface area (Å²) in [4.78, 5) is 7.42. The normalized spacial score (nSPS) is 10.1. The molecule has 2 nitrogen and oxygen atoms in total. The summed E-state index contributed by atoms with van der Waals surface area (Å²) in [6.07, 6.45) is 4.45. The number of pyridine rings is 2. The van der Waals surface area contributed by atoms with Crippen molar-refractivity contribution in [1.29, 1.82) is 0 Å². The summed E-state index contributed by atoms with van der Waals surface area (Å²) in [5.74, 6) is -0.517. The summed E-state index contributed by atoms with van der Waals surface area (Å²) in [7, 11) is 0. The minimum absolute atomic E-state index is 0.405. The van der Waals surface area contributed by atoms with Gasteiger partial charge in [-0.25, -0.2) is 4.98 Å². The number of rotatable bonds is 1. The van der Waals surface area contributed by atoms with E-state index in [2.05, 4.69) is 9.97 Å². The maximum absolute atomic E-state index is 13.2. The van der Waals surface area contributed by atoms with Crippen molar-refractivity contribution in [2.75, 3.05) is 0 Å². The molecule has 0 amide bonds. The molecule has 0 bridgehead atoms. The van der Waals surface area contributed by atoms with Gasteiger partial charge in [-0.15, -0.1) is 0 Å². The fourth-order valence-electron chi connectivity index (χ4n) is 1.16. The van der Waals surface area contributed by atoms with E-state index in [0.29, 0.717) is 16.1 Å². The first-order valence-corrected chi connectivity index (χ1v) is 4.36. The van der Waals surface area contributed by atoms with Crippen LogP contribution in [-0.2, 0) is 0 Å². The molecule has 0 aliphatic carbocycles. The Morgan fingerprint density at radius 3 is 2.86 bits per heavy atom. The van der Waals surface area contributed by atoms with Crippen LogP contribution in [0, 0.1) is 5.95 Å². The van der Waals surface area contributed by atoms with Crippen molar-refractivity contribution in [2.45, 2.75) is 0 Å². The van der Waals surface area contributed by atoms with Crippen LogP contribution in [0.5, 0.6) is 0 Å².